The highest BCUT2D eigenvalue weighted by molar-refractivity contribution is 4.89. The lowest BCUT2D eigenvalue weighted by molar-refractivity contribution is 0.132. The van der Waals surface area contributed by atoms with Crippen LogP contribution >= 0.6 is 0 Å². The summed E-state index contributed by atoms with van der Waals surface area (Å²) in [6.07, 6.45) is 11.8. The van der Waals surface area contributed by atoms with E-state index < -0.39 is 0 Å². The minimum atomic E-state index is 0.783. The molecule has 3 aliphatic rings. The summed E-state index contributed by atoms with van der Waals surface area (Å²) in [5.41, 5.74) is 0. The van der Waals surface area contributed by atoms with E-state index in [2.05, 4.69) is 17.1 Å². The summed E-state index contributed by atoms with van der Waals surface area (Å²) in [4.78, 5) is 2.68. The summed E-state index contributed by atoms with van der Waals surface area (Å²) in [5.74, 6) is 2.07. The van der Waals surface area contributed by atoms with Crippen molar-refractivity contribution >= 4 is 0 Å². The molecule has 0 aromatic carbocycles. The average molecular weight is 250 g/mol. The molecule has 0 spiro atoms. The lowest BCUT2D eigenvalue weighted by Crippen LogP contribution is -2.51. The number of likely N-dealkylation sites (N-methyl/N-ethyl adjacent to an activating group) is 1. The smallest absolute Gasteiger partial charge is 0.0200 e. The Morgan fingerprint density at radius 2 is 1.72 bits per heavy atom. The molecule has 0 radical (unpaired) electrons. The lowest BCUT2D eigenvalue weighted by Gasteiger charge is -2.39. The molecule has 1 saturated heterocycles. The Labute approximate surface area is 113 Å². The van der Waals surface area contributed by atoms with Crippen molar-refractivity contribution in [2.45, 2.75) is 70.4 Å². The summed E-state index contributed by atoms with van der Waals surface area (Å²) in [7, 11) is 0. The van der Waals surface area contributed by atoms with E-state index in [9.17, 15) is 0 Å². The Bertz CT molecular complexity index is 256. The van der Waals surface area contributed by atoms with Gasteiger partial charge in [-0.2, -0.15) is 0 Å². The van der Waals surface area contributed by atoms with Crippen LogP contribution in [0.4, 0.5) is 0 Å². The van der Waals surface area contributed by atoms with Crippen molar-refractivity contribution in [1.29, 1.82) is 0 Å². The number of likely N-dealkylation sites (tertiary alicyclic amines) is 1. The lowest BCUT2D eigenvalue weighted by atomic mass is 9.89. The van der Waals surface area contributed by atoms with Crippen LogP contribution in [0.3, 0.4) is 0 Å². The molecule has 0 amide bonds. The highest BCUT2D eigenvalue weighted by atomic mass is 15.2. The Kier molecular flexibility index (Phi) is 4.25. The van der Waals surface area contributed by atoms with Crippen LogP contribution in [-0.2, 0) is 0 Å². The molecule has 18 heavy (non-hydrogen) atoms. The van der Waals surface area contributed by atoms with Crippen LogP contribution in [-0.4, -0.2) is 36.6 Å². The van der Waals surface area contributed by atoms with E-state index in [4.69, 9.17) is 0 Å². The Hall–Kier alpha value is -0.0800. The zero-order valence-electron chi connectivity index (χ0n) is 12.0. The third-order valence-corrected chi connectivity index (χ3v) is 5.25. The Balaban J connectivity index is 1.51. The van der Waals surface area contributed by atoms with Gasteiger partial charge in [-0.15, -0.1) is 0 Å². The van der Waals surface area contributed by atoms with Crippen molar-refractivity contribution in [1.82, 2.24) is 10.2 Å². The average Bonchev–Trinajstić information content (AvgIpc) is 3.03. The quantitative estimate of drug-likeness (QED) is 0.807. The second-order valence-corrected chi connectivity index (χ2v) is 6.98. The molecular weight excluding hydrogens is 220 g/mol. The molecule has 2 heteroatoms. The van der Waals surface area contributed by atoms with Crippen LogP contribution in [0.25, 0.3) is 0 Å². The number of nitrogens with zero attached hydrogens (tertiary/aromatic N) is 1. The van der Waals surface area contributed by atoms with Gasteiger partial charge in [-0.05, 0) is 44.1 Å². The summed E-state index contributed by atoms with van der Waals surface area (Å²) >= 11 is 0. The van der Waals surface area contributed by atoms with Gasteiger partial charge in [-0.1, -0.05) is 32.6 Å². The van der Waals surface area contributed by atoms with Crippen LogP contribution < -0.4 is 5.32 Å². The fourth-order valence-corrected chi connectivity index (χ4v) is 4.10. The van der Waals surface area contributed by atoms with Crippen molar-refractivity contribution in [3.8, 4) is 0 Å². The fourth-order valence-electron chi connectivity index (χ4n) is 4.10. The highest BCUT2D eigenvalue weighted by Gasteiger charge is 2.32. The zero-order valence-corrected chi connectivity index (χ0v) is 12.0. The SMILES string of the molecule is CCN1CC(CC2CC2)CC(NC2CCCC2)C1. The molecule has 2 aliphatic carbocycles. The zero-order chi connectivity index (χ0) is 12.4. The molecule has 2 atom stereocenters. The van der Waals surface area contributed by atoms with Crippen molar-refractivity contribution in [2.75, 3.05) is 19.6 Å². The van der Waals surface area contributed by atoms with Gasteiger partial charge in [0, 0.05) is 25.2 Å². The molecule has 1 aliphatic heterocycles. The summed E-state index contributed by atoms with van der Waals surface area (Å²) < 4.78 is 0. The van der Waals surface area contributed by atoms with Gasteiger partial charge in [0.1, 0.15) is 0 Å². The van der Waals surface area contributed by atoms with Gasteiger partial charge >= 0.3 is 0 Å². The van der Waals surface area contributed by atoms with Crippen LogP contribution in [0, 0.1) is 11.8 Å². The molecule has 2 nitrogen and oxygen atoms in total. The highest BCUT2D eigenvalue weighted by Crippen LogP contribution is 2.38. The third kappa shape index (κ3) is 3.48. The molecule has 2 unspecified atom stereocenters. The molecule has 2 saturated carbocycles. The van der Waals surface area contributed by atoms with Gasteiger partial charge in [0.05, 0.1) is 0 Å². The first-order chi connectivity index (χ1) is 8.83. The van der Waals surface area contributed by atoms with Gasteiger partial charge in [-0.25, -0.2) is 0 Å². The second kappa shape index (κ2) is 5.92. The van der Waals surface area contributed by atoms with E-state index in [-0.39, 0.29) is 0 Å². The molecule has 3 rings (SSSR count). The van der Waals surface area contributed by atoms with Crippen molar-refractivity contribution in [2.24, 2.45) is 11.8 Å². The van der Waals surface area contributed by atoms with E-state index in [1.807, 2.05) is 0 Å². The minimum absolute atomic E-state index is 0.783. The molecule has 1 N–H and O–H groups in total. The first-order valence-electron chi connectivity index (χ1n) is 8.32. The molecular formula is C16H30N2. The maximum Gasteiger partial charge on any atom is 0.0200 e. The molecule has 0 aromatic rings. The molecule has 104 valence electrons. The largest absolute Gasteiger partial charge is 0.310 e. The number of hydrogen-bond donors (Lipinski definition) is 1. The van der Waals surface area contributed by atoms with Crippen LogP contribution in [0.15, 0.2) is 0 Å². The van der Waals surface area contributed by atoms with E-state index in [1.54, 1.807) is 0 Å². The van der Waals surface area contributed by atoms with Crippen LogP contribution in [0.5, 0.6) is 0 Å². The standard InChI is InChI=1S/C16H30N2/c1-2-18-11-14(9-13-7-8-13)10-16(12-18)17-15-5-3-4-6-15/h13-17H,2-12H2,1H3. The van der Waals surface area contributed by atoms with Crippen molar-refractivity contribution < 1.29 is 0 Å². The maximum absolute atomic E-state index is 3.96. The fraction of sp³-hybridized carbons (Fsp3) is 1.00. The van der Waals surface area contributed by atoms with Gasteiger partial charge in [0.25, 0.3) is 0 Å². The minimum Gasteiger partial charge on any atom is -0.310 e. The van der Waals surface area contributed by atoms with E-state index in [0.29, 0.717) is 0 Å². The summed E-state index contributed by atoms with van der Waals surface area (Å²) in [6.45, 7) is 6.24. The van der Waals surface area contributed by atoms with Crippen LogP contribution in [0.1, 0.15) is 58.3 Å². The van der Waals surface area contributed by atoms with E-state index >= 15 is 0 Å². The summed E-state index contributed by atoms with van der Waals surface area (Å²) in [6, 6.07) is 1.62. The summed E-state index contributed by atoms with van der Waals surface area (Å²) in [5, 5.41) is 3.96. The molecule has 3 fully saturated rings. The van der Waals surface area contributed by atoms with Crippen LogP contribution in [0.2, 0.25) is 0 Å². The third-order valence-electron chi connectivity index (χ3n) is 5.25. The van der Waals surface area contributed by atoms with E-state index in [0.717, 1.165) is 23.9 Å². The Morgan fingerprint density at radius 1 is 0.944 bits per heavy atom. The van der Waals surface area contributed by atoms with Gasteiger partial charge < -0.3 is 10.2 Å². The van der Waals surface area contributed by atoms with Crippen molar-refractivity contribution in [3.05, 3.63) is 0 Å². The number of rotatable bonds is 5. The van der Waals surface area contributed by atoms with Gasteiger partial charge in [0.2, 0.25) is 0 Å². The number of piperidine rings is 1. The van der Waals surface area contributed by atoms with E-state index in [1.165, 1.54) is 71.0 Å². The first-order valence-corrected chi connectivity index (χ1v) is 8.32. The monoisotopic (exact) mass is 250 g/mol. The predicted octanol–water partition coefficient (Wildman–Crippen LogP) is 3.03. The topological polar surface area (TPSA) is 15.3 Å². The first kappa shape index (κ1) is 12.9. The number of nitrogens with one attached hydrogen (secondary N) is 1. The second-order valence-electron chi connectivity index (χ2n) is 6.98. The number of hydrogen-bond acceptors (Lipinski definition) is 2. The Morgan fingerprint density at radius 3 is 2.39 bits per heavy atom. The predicted molar refractivity (Wildman–Crippen MR) is 76.7 cm³/mol. The maximum atomic E-state index is 3.96. The molecule has 0 aromatic heterocycles. The molecule has 0 bridgehead atoms. The molecule has 1 heterocycles. The van der Waals surface area contributed by atoms with Crippen molar-refractivity contribution in [3.63, 3.8) is 0 Å². The van der Waals surface area contributed by atoms with Gasteiger partial charge in [0.15, 0.2) is 0 Å². The normalized spacial score (nSPS) is 35.2. The van der Waals surface area contributed by atoms with Gasteiger partial charge in [-0.3, -0.25) is 0 Å².